The van der Waals surface area contributed by atoms with Crippen LogP contribution in [0.5, 0.6) is 0 Å². The number of H-pyrrole nitrogens is 1. The molecular weight excluding hydrogens is 430 g/mol. The normalized spacial score (nSPS) is 19.1. The van der Waals surface area contributed by atoms with Crippen LogP contribution in [0.2, 0.25) is 5.02 Å². The molecule has 32 heavy (non-hydrogen) atoms. The molecule has 0 spiro atoms. The monoisotopic (exact) mass is 453 g/mol. The number of nitrogens with zero attached hydrogens (tertiary/aromatic N) is 4. The van der Waals surface area contributed by atoms with Gasteiger partial charge < -0.3 is 20.3 Å². The van der Waals surface area contributed by atoms with E-state index < -0.39 is 0 Å². The molecule has 3 aromatic rings. The first-order chi connectivity index (χ1) is 15.6. The van der Waals surface area contributed by atoms with Crippen LogP contribution in [0.15, 0.2) is 41.6 Å². The highest BCUT2D eigenvalue weighted by molar-refractivity contribution is 6.31. The lowest BCUT2D eigenvalue weighted by Gasteiger charge is -2.31. The lowest BCUT2D eigenvalue weighted by atomic mass is 9.98. The molecule has 2 aliphatic heterocycles. The van der Waals surface area contributed by atoms with Crippen molar-refractivity contribution in [1.82, 2.24) is 25.7 Å². The van der Waals surface area contributed by atoms with Gasteiger partial charge in [0.2, 0.25) is 0 Å². The van der Waals surface area contributed by atoms with Crippen LogP contribution < -0.4 is 15.6 Å². The van der Waals surface area contributed by atoms with E-state index in [1.807, 2.05) is 18.2 Å². The highest BCUT2D eigenvalue weighted by Gasteiger charge is 2.25. The summed E-state index contributed by atoms with van der Waals surface area (Å²) in [5, 5.41) is 17.0. The van der Waals surface area contributed by atoms with Gasteiger partial charge in [-0.2, -0.15) is 5.10 Å². The number of halogens is 1. The van der Waals surface area contributed by atoms with Crippen LogP contribution in [0.4, 0.5) is 5.82 Å². The van der Waals surface area contributed by atoms with Crippen LogP contribution in [0.25, 0.3) is 11.0 Å². The number of piperidine rings is 1. The van der Waals surface area contributed by atoms with Crippen molar-refractivity contribution in [3.63, 3.8) is 0 Å². The molecule has 0 saturated carbocycles. The number of amides is 1. The molecule has 4 heterocycles. The number of imidazole rings is 1. The second-order valence-electron chi connectivity index (χ2n) is 8.20. The van der Waals surface area contributed by atoms with Crippen molar-refractivity contribution in [3.8, 4) is 0 Å². The van der Waals surface area contributed by atoms with Crippen molar-refractivity contribution in [3.05, 3.63) is 52.9 Å². The van der Waals surface area contributed by atoms with Crippen LogP contribution in [-0.2, 0) is 0 Å². The number of fused-ring (bicyclic) bond motifs is 1. The Morgan fingerprint density at radius 1 is 1.25 bits per heavy atom. The van der Waals surface area contributed by atoms with Crippen LogP contribution >= 0.6 is 11.6 Å². The smallest absolute Gasteiger partial charge is 0.258 e. The number of rotatable bonds is 4. The summed E-state index contributed by atoms with van der Waals surface area (Å²) in [6, 6.07) is 8.98. The number of amidine groups is 1. The highest BCUT2D eigenvalue weighted by atomic mass is 35.5. The average molecular weight is 454 g/mol. The van der Waals surface area contributed by atoms with E-state index in [1.165, 1.54) is 0 Å². The number of anilines is 1. The summed E-state index contributed by atoms with van der Waals surface area (Å²) in [6.07, 6.45) is 4.00. The molecule has 2 aliphatic rings. The quantitative estimate of drug-likeness (QED) is 0.482. The molecule has 2 aromatic heterocycles. The zero-order valence-electron chi connectivity index (χ0n) is 17.4. The van der Waals surface area contributed by atoms with E-state index in [0.717, 1.165) is 48.6 Å². The molecule has 0 bridgehead atoms. The Morgan fingerprint density at radius 3 is 2.84 bits per heavy atom. The number of carbonyl (C=O) groups is 1. The number of aliphatic hydroxyl groups is 1. The minimum Gasteiger partial charge on any atom is -0.396 e. The summed E-state index contributed by atoms with van der Waals surface area (Å²) < 4.78 is 0. The van der Waals surface area contributed by atoms with E-state index in [2.05, 4.69) is 35.7 Å². The van der Waals surface area contributed by atoms with Crippen LogP contribution in [0.3, 0.4) is 0 Å². The SMILES string of the molecule is O=C(NC1=NNC(c2nc3ccc(Cl)cc3[nH]2)C1)c1ccc(N2CCC(CO)CC2)nc1. The number of pyridine rings is 1. The Kier molecular flexibility index (Phi) is 5.67. The number of benzene rings is 1. The zero-order chi connectivity index (χ0) is 22.1. The first-order valence-corrected chi connectivity index (χ1v) is 11.1. The van der Waals surface area contributed by atoms with E-state index in [1.54, 1.807) is 18.3 Å². The maximum atomic E-state index is 12.7. The van der Waals surface area contributed by atoms with Gasteiger partial charge >= 0.3 is 0 Å². The first-order valence-electron chi connectivity index (χ1n) is 10.7. The van der Waals surface area contributed by atoms with E-state index in [0.29, 0.717) is 28.8 Å². The Morgan fingerprint density at radius 2 is 2.09 bits per heavy atom. The number of hydrogen-bond donors (Lipinski definition) is 4. The van der Waals surface area contributed by atoms with Gasteiger partial charge in [0.1, 0.15) is 23.5 Å². The molecule has 9 nitrogen and oxygen atoms in total. The predicted molar refractivity (Wildman–Crippen MR) is 123 cm³/mol. The third-order valence-corrected chi connectivity index (χ3v) is 6.24. The Labute approximate surface area is 189 Å². The van der Waals surface area contributed by atoms with Gasteiger partial charge in [0, 0.05) is 37.3 Å². The molecule has 1 aromatic carbocycles. The number of hydrazone groups is 1. The molecule has 1 amide bonds. The largest absolute Gasteiger partial charge is 0.396 e. The molecule has 1 atom stereocenters. The number of aliphatic hydroxyl groups excluding tert-OH is 1. The molecule has 1 saturated heterocycles. The van der Waals surface area contributed by atoms with Crippen molar-refractivity contribution in [2.24, 2.45) is 11.0 Å². The summed E-state index contributed by atoms with van der Waals surface area (Å²) in [5.41, 5.74) is 5.19. The lowest BCUT2D eigenvalue weighted by Crippen LogP contribution is -2.35. The summed E-state index contributed by atoms with van der Waals surface area (Å²) in [4.78, 5) is 27.1. The number of carbonyl (C=O) groups excluding carboxylic acids is 1. The molecule has 166 valence electrons. The molecular formula is C22H24ClN7O2. The van der Waals surface area contributed by atoms with Gasteiger partial charge in [-0.1, -0.05) is 11.6 Å². The Bertz CT molecular complexity index is 1150. The zero-order valence-corrected chi connectivity index (χ0v) is 18.1. The number of aromatic nitrogens is 3. The summed E-state index contributed by atoms with van der Waals surface area (Å²) >= 11 is 6.04. The van der Waals surface area contributed by atoms with Gasteiger partial charge in [0.25, 0.3) is 5.91 Å². The van der Waals surface area contributed by atoms with Gasteiger partial charge in [0.15, 0.2) is 0 Å². The van der Waals surface area contributed by atoms with Crippen LogP contribution in [0.1, 0.15) is 41.5 Å². The second kappa shape index (κ2) is 8.76. The molecule has 0 aliphatic carbocycles. The van der Waals surface area contributed by atoms with Crippen LogP contribution in [-0.4, -0.2) is 51.5 Å². The number of hydrogen-bond acceptors (Lipinski definition) is 7. The van der Waals surface area contributed by atoms with E-state index in [-0.39, 0.29) is 18.6 Å². The van der Waals surface area contributed by atoms with Gasteiger partial charge in [0.05, 0.1) is 16.6 Å². The topological polar surface area (TPSA) is 119 Å². The first kappa shape index (κ1) is 20.7. The average Bonchev–Trinajstić information content (AvgIpc) is 3.46. The number of nitrogens with one attached hydrogen (secondary N) is 3. The molecule has 1 fully saturated rings. The molecule has 4 N–H and O–H groups in total. The molecule has 10 heteroatoms. The minimum atomic E-state index is -0.249. The third-order valence-electron chi connectivity index (χ3n) is 6.01. The van der Waals surface area contributed by atoms with Crippen molar-refractivity contribution in [1.29, 1.82) is 0 Å². The van der Waals surface area contributed by atoms with Crippen molar-refractivity contribution in [2.75, 3.05) is 24.6 Å². The fourth-order valence-electron chi connectivity index (χ4n) is 4.10. The molecule has 0 radical (unpaired) electrons. The van der Waals surface area contributed by atoms with Crippen molar-refractivity contribution < 1.29 is 9.90 Å². The minimum absolute atomic E-state index is 0.154. The fraction of sp³-hybridized carbons (Fsp3) is 0.364. The summed E-state index contributed by atoms with van der Waals surface area (Å²) in [6.45, 7) is 1.97. The van der Waals surface area contributed by atoms with Gasteiger partial charge in [-0.05, 0) is 49.1 Å². The second-order valence-corrected chi connectivity index (χ2v) is 8.64. The van der Waals surface area contributed by atoms with Gasteiger partial charge in [-0.15, -0.1) is 0 Å². The van der Waals surface area contributed by atoms with Crippen molar-refractivity contribution in [2.45, 2.75) is 25.3 Å². The summed E-state index contributed by atoms with van der Waals surface area (Å²) in [5.74, 6) is 2.27. The van der Waals surface area contributed by atoms with E-state index in [9.17, 15) is 9.90 Å². The van der Waals surface area contributed by atoms with E-state index >= 15 is 0 Å². The maximum absolute atomic E-state index is 12.7. The molecule has 1 unspecified atom stereocenters. The van der Waals surface area contributed by atoms with Gasteiger partial charge in [-0.25, -0.2) is 9.97 Å². The fourth-order valence-corrected chi connectivity index (χ4v) is 4.27. The third kappa shape index (κ3) is 4.26. The Hall–Kier alpha value is -3.17. The lowest BCUT2D eigenvalue weighted by molar-refractivity contribution is 0.0976. The maximum Gasteiger partial charge on any atom is 0.258 e. The Balaban J connectivity index is 1.18. The summed E-state index contributed by atoms with van der Waals surface area (Å²) in [7, 11) is 0. The highest BCUT2D eigenvalue weighted by Crippen LogP contribution is 2.24. The number of aromatic amines is 1. The molecule has 5 rings (SSSR count). The van der Waals surface area contributed by atoms with Crippen molar-refractivity contribution >= 4 is 40.2 Å². The van der Waals surface area contributed by atoms with E-state index in [4.69, 9.17) is 11.6 Å². The van der Waals surface area contributed by atoms with Gasteiger partial charge in [-0.3, -0.25) is 10.2 Å². The standard InChI is InChI=1S/C22H24ClN7O2/c23-15-2-3-16-17(9-15)26-21(25-16)18-10-19(29-28-18)27-22(32)14-1-4-20(24-11-14)30-7-5-13(12-31)6-8-30/h1-4,9,11,13,18,28,31H,5-8,10,12H2,(H,25,26)(H,27,29,32). The predicted octanol–water partition coefficient (Wildman–Crippen LogP) is 2.60. The van der Waals surface area contributed by atoms with Crippen LogP contribution in [0, 0.1) is 5.92 Å².